The lowest BCUT2D eigenvalue weighted by molar-refractivity contribution is 0.308. The van der Waals surface area contributed by atoms with E-state index in [-0.39, 0.29) is 11.6 Å². The van der Waals surface area contributed by atoms with E-state index in [4.69, 9.17) is 4.74 Å². The normalized spacial score (nSPS) is 19.5. The van der Waals surface area contributed by atoms with Gasteiger partial charge in [0.1, 0.15) is 0 Å². The molecule has 1 aliphatic rings. The summed E-state index contributed by atoms with van der Waals surface area (Å²) < 4.78 is 18.6. The fourth-order valence-electron chi connectivity index (χ4n) is 3.92. The summed E-state index contributed by atoms with van der Waals surface area (Å²) in [5.41, 5.74) is 3.05. The van der Waals surface area contributed by atoms with Crippen LogP contribution in [0.25, 0.3) is 0 Å². The maximum atomic E-state index is 13.7. The summed E-state index contributed by atoms with van der Waals surface area (Å²) in [7, 11) is 1.46. The van der Waals surface area contributed by atoms with Gasteiger partial charge < -0.3 is 4.74 Å². The van der Waals surface area contributed by atoms with Crippen molar-refractivity contribution in [1.82, 2.24) is 0 Å². The minimum atomic E-state index is -0.381. The predicted molar refractivity (Wildman–Crippen MR) is 105 cm³/mol. The number of hydrogen-bond donors (Lipinski definition) is 0. The van der Waals surface area contributed by atoms with Crippen molar-refractivity contribution < 1.29 is 9.13 Å². The highest BCUT2D eigenvalue weighted by atomic mass is 19.1. The van der Waals surface area contributed by atoms with E-state index in [0.717, 1.165) is 11.5 Å². The lowest BCUT2D eigenvalue weighted by atomic mass is 9.77. The van der Waals surface area contributed by atoms with Gasteiger partial charge >= 0.3 is 0 Å². The quantitative estimate of drug-likeness (QED) is 0.587. The molecule has 0 bridgehead atoms. The van der Waals surface area contributed by atoms with Crippen LogP contribution in [0.5, 0.6) is 5.75 Å². The molecular weight excluding hydrogens is 323 g/mol. The van der Waals surface area contributed by atoms with Crippen LogP contribution in [0, 0.1) is 23.6 Å². The molecule has 2 heteroatoms. The zero-order valence-electron chi connectivity index (χ0n) is 15.7. The number of rotatable bonds is 4. The monoisotopic (exact) mass is 350 g/mol. The Balaban J connectivity index is 1.63. The highest BCUT2D eigenvalue weighted by Gasteiger charge is 2.21. The predicted octanol–water partition coefficient (Wildman–Crippen LogP) is 6.31. The molecule has 0 aromatic heterocycles. The van der Waals surface area contributed by atoms with Crippen LogP contribution in [-0.4, -0.2) is 7.11 Å². The largest absolute Gasteiger partial charge is 0.494 e. The maximum absolute atomic E-state index is 13.7. The zero-order valence-corrected chi connectivity index (χ0v) is 15.7. The number of benzene rings is 2. The molecule has 136 valence electrons. The molecule has 2 aromatic carbocycles. The molecule has 0 heterocycles. The summed E-state index contributed by atoms with van der Waals surface area (Å²) >= 11 is 0. The van der Waals surface area contributed by atoms with Crippen LogP contribution in [0.2, 0.25) is 0 Å². The lowest BCUT2D eigenvalue weighted by Crippen LogP contribution is -2.13. The third-order valence-corrected chi connectivity index (χ3v) is 5.43. The Bertz CT molecular complexity index is 774. The molecule has 1 saturated carbocycles. The number of halogens is 1. The average molecular weight is 350 g/mol. The van der Waals surface area contributed by atoms with E-state index >= 15 is 0 Å². The van der Waals surface area contributed by atoms with Crippen LogP contribution in [0.1, 0.15) is 68.1 Å². The van der Waals surface area contributed by atoms with Crippen molar-refractivity contribution in [2.45, 2.75) is 51.4 Å². The van der Waals surface area contributed by atoms with Crippen molar-refractivity contribution >= 4 is 0 Å². The summed E-state index contributed by atoms with van der Waals surface area (Å²) in [6.07, 6.45) is 8.03. The Morgan fingerprint density at radius 2 is 1.62 bits per heavy atom. The van der Waals surface area contributed by atoms with E-state index in [1.165, 1.54) is 57.3 Å². The van der Waals surface area contributed by atoms with Gasteiger partial charge in [0.15, 0.2) is 11.6 Å². The standard InChI is InChI=1S/C24H27FO/c1-3-4-18-7-12-21(13-8-18)22-14-9-19(10-15-22)5-6-20-11-16-24(26-2)23(25)17-20/h9-11,14-18,21H,3-4,7-8,12-13H2,1-2H3/t18-,21-. The lowest BCUT2D eigenvalue weighted by Gasteiger charge is -2.28. The summed E-state index contributed by atoms with van der Waals surface area (Å²) in [5, 5.41) is 0. The van der Waals surface area contributed by atoms with Gasteiger partial charge in [-0.05, 0) is 73.4 Å². The first kappa shape index (κ1) is 18.5. The molecule has 1 aliphatic carbocycles. The van der Waals surface area contributed by atoms with E-state index in [9.17, 15) is 4.39 Å². The molecule has 0 atom stereocenters. The summed E-state index contributed by atoms with van der Waals surface area (Å²) in [4.78, 5) is 0. The molecular formula is C24H27FO. The summed E-state index contributed by atoms with van der Waals surface area (Å²) in [6.45, 7) is 2.28. The summed E-state index contributed by atoms with van der Waals surface area (Å²) in [6, 6.07) is 13.4. The number of ether oxygens (including phenoxy) is 1. The molecule has 2 aromatic rings. The van der Waals surface area contributed by atoms with Gasteiger partial charge in [-0.3, -0.25) is 0 Å². The van der Waals surface area contributed by atoms with Crippen molar-refractivity contribution in [2.75, 3.05) is 7.11 Å². The van der Waals surface area contributed by atoms with Crippen LogP contribution in [0.4, 0.5) is 4.39 Å². The van der Waals surface area contributed by atoms with Crippen molar-refractivity contribution in [2.24, 2.45) is 5.92 Å². The van der Waals surface area contributed by atoms with Crippen LogP contribution in [0.3, 0.4) is 0 Å². The Kier molecular flexibility index (Phi) is 6.34. The topological polar surface area (TPSA) is 9.23 Å². The highest BCUT2D eigenvalue weighted by molar-refractivity contribution is 5.45. The third kappa shape index (κ3) is 4.67. The van der Waals surface area contributed by atoms with Gasteiger partial charge in [-0.2, -0.15) is 0 Å². The molecule has 0 saturated heterocycles. The zero-order chi connectivity index (χ0) is 18.4. The molecule has 0 radical (unpaired) electrons. The number of hydrogen-bond acceptors (Lipinski definition) is 1. The van der Waals surface area contributed by atoms with Gasteiger partial charge in [0, 0.05) is 11.1 Å². The van der Waals surface area contributed by atoms with Gasteiger partial charge in [-0.25, -0.2) is 4.39 Å². The van der Waals surface area contributed by atoms with Crippen LogP contribution in [0.15, 0.2) is 42.5 Å². The molecule has 0 amide bonds. The van der Waals surface area contributed by atoms with Crippen molar-refractivity contribution in [1.29, 1.82) is 0 Å². The first-order valence-corrected chi connectivity index (χ1v) is 9.65. The van der Waals surface area contributed by atoms with Crippen molar-refractivity contribution in [3.8, 4) is 17.6 Å². The second-order valence-corrected chi connectivity index (χ2v) is 7.23. The summed E-state index contributed by atoms with van der Waals surface area (Å²) in [5.74, 6) is 7.64. The van der Waals surface area contributed by atoms with Gasteiger partial charge in [-0.1, -0.05) is 43.7 Å². The fraction of sp³-hybridized carbons (Fsp3) is 0.417. The molecule has 1 fully saturated rings. The average Bonchev–Trinajstić information content (AvgIpc) is 2.68. The molecule has 0 N–H and O–H groups in total. The van der Waals surface area contributed by atoms with Crippen LogP contribution in [-0.2, 0) is 0 Å². The Labute approximate surface area is 156 Å². The van der Waals surface area contributed by atoms with Crippen molar-refractivity contribution in [3.63, 3.8) is 0 Å². The SMILES string of the molecule is CCC[C@H]1CC[C@H](c2ccc(C#Cc3ccc(OC)c(F)c3)cc2)CC1. The van der Waals surface area contributed by atoms with Crippen LogP contribution < -0.4 is 4.74 Å². The van der Waals surface area contributed by atoms with E-state index < -0.39 is 0 Å². The van der Waals surface area contributed by atoms with Crippen molar-refractivity contribution in [3.05, 3.63) is 65.0 Å². The second kappa shape index (κ2) is 8.90. The molecule has 0 spiro atoms. The van der Waals surface area contributed by atoms with E-state index in [1.54, 1.807) is 12.1 Å². The van der Waals surface area contributed by atoms with Gasteiger partial charge in [0.05, 0.1) is 7.11 Å². The van der Waals surface area contributed by atoms with Crippen LogP contribution >= 0.6 is 0 Å². The van der Waals surface area contributed by atoms with Gasteiger partial charge in [-0.15, -0.1) is 0 Å². The Morgan fingerprint density at radius 3 is 2.23 bits per heavy atom. The van der Waals surface area contributed by atoms with Gasteiger partial charge in [0.2, 0.25) is 0 Å². The Morgan fingerprint density at radius 1 is 0.962 bits per heavy atom. The minimum absolute atomic E-state index is 0.244. The Hall–Kier alpha value is -2.27. The molecule has 3 rings (SSSR count). The highest BCUT2D eigenvalue weighted by Crippen LogP contribution is 2.37. The molecule has 1 nitrogen and oxygen atoms in total. The number of methoxy groups -OCH3 is 1. The molecule has 0 unspecified atom stereocenters. The van der Waals surface area contributed by atoms with E-state index in [1.807, 2.05) is 0 Å². The van der Waals surface area contributed by atoms with E-state index in [2.05, 4.69) is 43.0 Å². The smallest absolute Gasteiger partial charge is 0.166 e. The van der Waals surface area contributed by atoms with Gasteiger partial charge in [0.25, 0.3) is 0 Å². The minimum Gasteiger partial charge on any atom is -0.494 e. The fourth-order valence-corrected chi connectivity index (χ4v) is 3.92. The molecule has 26 heavy (non-hydrogen) atoms. The first-order valence-electron chi connectivity index (χ1n) is 9.65. The second-order valence-electron chi connectivity index (χ2n) is 7.23. The first-order chi connectivity index (χ1) is 12.7. The molecule has 0 aliphatic heterocycles. The van der Waals surface area contributed by atoms with E-state index in [0.29, 0.717) is 11.5 Å². The maximum Gasteiger partial charge on any atom is 0.166 e. The third-order valence-electron chi connectivity index (χ3n) is 5.43.